The number of benzene rings is 1. The van der Waals surface area contributed by atoms with Gasteiger partial charge >= 0.3 is 6.09 Å². The normalized spacial score (nSPS) is 19.9. The van der Waals surface area contributed by atoms with Crippen molar-refractivity contribution in [1.29, 1.82) is 0 Å². The number of rotatable bonds is 10. The standard InChI is InChI=1S/C24H38N2O4Si/c1-9-18(8)23-21(26-24(28)29-23)14-22(27)25-19-11-10-12-20(13-19)30-31(15(2)3,16(4)5)17(6)7/h9-13,15-18,21,23H,1,14H2,2-8H3,(H,25,27)(H,26,28)/t18-,21-,23-/m1/s1. The molecule has 6 nitrogen and oxygen atoms in total. The van der Waals surface area contributed by atoms with E-state index in [2.05, 4.69) is 58.8 Å². The summed E-state index contributed by atoms with van der Waals surface area (Å²) in [5.74, 6) is 0.556. The van der Waals surface area contributed by atoms with Gasteiger partial charge in [0.1, 0.15) is 11.9 Å². The Morgan fingerprint density at radius 3 is 2.35 bits per heavy atom. The van der Waals surface area contributed by atoms with Crippen LogP contribution in [0.5, 0.6) is 5.75 Å². The topological polar surface area (TPSA) is 76.7 Å². The summed E-state index contributed by atoms with van der Waals surface area (Å²) in [6.07, 6.45) is 0.956. The van der Waals surface area contributed by atoms with Gasteiger partial charge < -0.3 is 19.8 Å². The summed E-state index contributed by atoms with van der Waals surface area (Å²) in [5.41, 5.74) is 2.06. The highest BCUT2D eigenvalue weighted by atomic mass is 28.4. The summed E-state index contributed by atoms with van der Waals surface area (Å²) in [5, 5.41) is 5.67. The number of nitrogens with one attached hydrogen (secondary N) is 2. The highest BCUT2D eigenvalue weighted by molar-refractivity contribution is 6.78. The van der Waals surface area contributed by atoms with Gasteiger partial charge in [0.15, 0.2) is 0 Å². The Labute approximate surface area is 187 Å². The first kappa shape index (κ1) is 25.0. The zero-order valence-electron chi connectivity index (χ0n) is 19.9. The fourth-order valence-electron chi connectivity index (χ4n) is 4.86. The largest absolute Gasteiger partial charge is 0.543 e. The summed E-state index contributed by atoms with van der Waals surface area (Å²) in [6.45, 7) is 19.2. The van der Waals surface area contributed by atoms with Crippen LogP contribution < -0.4 is 15.1 Å². The van der Waals surface area contributed by atoms with Crippen LogP contribution in [0.25, 0.3) is 0 Å². The fourth-order valence-corrected chi connectivity index (χ4v) is 10.1. The van der Waals surface area contributed by atoms with Crippen LogP contribution in [0.4, 0.5) is 10.5 Å². The minimum absolute atomic E-state index is 0.0466. The Hall–Kier alpha value is -2.28. The minimum Gasteiger partial charge on any atom is -0.543 e. The molecule has 1 aliphatic rings. The lowest BCUT2D eigenvalue weighted by atomic mass is 9.96. The van der Waals surface area contributed by atoms with Gasteiger partial charge in [-0.2, -0.15) is 0 Å². The molecular weight excluding hydrogens is 408 g/mol. The summed E-state index contributed by atoms with van der Waals surface area (Å²) in [6, 6.07) is 7.20. The highest BCUT2D eigenvalue weighted by Gasteiger charge is 2.47. The van der Waals surface area contributed by atoms with Gasteiger partial charge in [0.05, 0.1) is 12.5 Å². The molecular formula is C24H38N2O4Si. The molecule has 1 aromatic carbocycles. The second-order valence-corrected chi connectivity index (χ2v) is 14.8. The molecule has 0 unspecified atom stereocenters. The molecule has 0 aromatic heterocycles. The van der Waals surface area contributed by atoms with Crippen LogP contribution in [-0.4, -0.2) is 32.5 Å². The number of anilines is 1. The summed E-state index contributed by atoms with van der Waals surface area (Å²) in [4.78, 5) is 24.3. The van der Waals surface area contributed by atoms with Crippen molar-refractivity contribution in [3.63, 3.8) is 0 Å². The third-order valence-electron chi connectivity index (χ3n) is 6.36. The molecule has 0 bridgehead atoms. The summed E-state index contributed by atoms with van der Waals surface area (Å²) < 4.78 is 12.0. The van der Waals surface area contributed by atoms with Crippen molar-refractivity contribution >= 4 is 26.0 Å². The number of alkyl carbamates (subject to hydrolysis) is 1. The van der Waals surface area contributed by atoms with E-state index in [0.29, 0.717) is 22.3 Å². The highest BCUT2D eigenvalue weighted by Crippen LogP contribution is 2.43. The van der Waals surface area contributed by atoms with E-state index >= 15 is 0 Å². The van der Waals surface area contributed by atoms with Gasteiger partial charge in [-0.05, 0) is 28.8 Å². The predicted octanol–water partition coefficient (Wildman–Crippen LogP) is 5.87. The summed E-state index contributed by atoms with van der Waals surface area (Å²) >= 11 is 0. The molecule has 0 saturated carbocycles. The fraction of sp³-hybridized carbons (Fsp3) is 0.583. The van der Waals surface area contributed by atoms with Crippen molar-refractivity contribution in [2.24, 2.45) is 5.92 Å². The van der Waals surface area contributed by atoms with Gasteiger partial charge in [0.25, 0.3) is 8.32 Å². The van der Waals surface area contributed by atoms with E-state index in [1.165, 1.54) is 0 Å². The Bertz CT molecular complexity index is 772. The molecule has 172 valence electrons. The molecule has 1 heterocycles. The van der Waals surface area contributed by atoms with Crippen LogP contribution in [0.15, 0.2) is 36.9 Å². The molecule has 2 amide bonds. The lowest BCUT2D eigenvalue weighted by molar-refractivity contribution is -0.117. The molecule has 1 saturated heterocycles. The van der Waals surface area contributed by atoms with Crippen molar-refractivity contribution < 1.29 is 18.8 Å². The molecule has 0 spiro atoms. The van der Waals surface area contributed by atoms with Crippen molar-refractivity contribution in [3.05, 3.63) is 36.9 Å². The number of ether oxygens (including phenoxy) is 1. The molecule has 2 rings (SSSR count). The van der Waals surface area contributed by atoms with E-state index in [4.69, 9.17) is 9.16 Å². The average Bonchev–Trinajstić information content (AvgIpc) is 3.04. The molecule has 1 fully saturated rings. The maximum Gasteiger partial charge on any atom is 0.407 e. The third kappa shape index (κ3) is 5.70. The average molecular weight is 447 g/mol. The third-order valence-corrected chi connectivity index (χ3v) is 12.4. The maximum absolute atomic E-state index is 12.7. The lowest BCUT2D eigenvalue weighted by Crippen LogP contribution is -2.50. The quantitative estimate of drug-likeness (QED) is 0.348. The number of amides is 2. The van der Waals surface area contributed by atoms with Crippen molar-refractivity contribution in [2.45, 2.75) is 83.7 Å². The van der Waals surface area contributed by atoms with Gasteiger partial charge in [0.2, 0.25) is 5.91 Å². The SMILES string of the molecule is C=C[C@@H](C)[C@H]1OC(=O)N[C@@H]1CC(=O)Nc1cccc(O[Si](C(C)C)(C(C)C)C(C)C)c1. The van der Waals surface area contributed by atoms with E-state index in [1.54, 1.807) is 6.08 Å². The summed E-state index contributed by atoms with van der Waals surface area (Å²) in [7, 11) is -2.08. The van der Waals surface area contributed by atoms with Gasteiger partial charge in [0, 0.05) is 17.7 Å². The van der Waals surface area contributed by atoms with E-state index in [9.17, 15) is 9.59 Å². The Morgan fingerprint density at radius 2 is 1.81 bits per heavy atom. The molecule has 31 heavy (non-hydrogen) atoms. The molecule has 1 aromatic rings. The predicted molar refractivity (Wildman–Crippen MR) is 128 cm³/mol. The zero-order valence-corrected chi connectivity index (χ0v) is 20.9. The second kappa shape index (κ2) is 10.4. The number of cyclic esters (lactones) is 1. The minimum atomic E-state index is -2.08. The number of carbonyl (C=O) groups is 2. The Balaban J connectivity index is 2.12. The molecule has 3 atom stereocenters. The molecule has 0 aliphatic carbocycles. The van der Waals surface area contributed by atoms with Gasteiger partial charge in [-0.1, -0.05) is 60.6 Å². The second-order valence-electron chi connectivity index (χ2n) is 9.42. The van der Waals surface area contributed by atoms with Gasteiger partial charge in [-0.25, -0.2) is 4.79 Å². The number of hydrogen-bond donors (Lipinski definition) is 2. The lowest BCUT2D eigenvalue weighted by Gasteiger charge is -2.42. The van der Waals surface area contributed by atoms with Crippen LogP contribution in [0, 0.1) is 5.92 Å². The maximum atomic E-state index is 12.7. The smallest absolute Gasteiger partial charge is 0.407 e. The zero-order chi connectivity index (χ0) is 23.3. The van der Waals surface area contributed by atoms with Crippen LogP contribution >= 0.6 is 0 Å². The molecule has 7 heteroatoms. The van der Waals surface area contributed by atoms with E-state index < -0.39 is 20.5 Å². The molecule has 0 radical (unpaired) electrons. The van der Waals surface area contributed by atoms with E-state index in [0.717, 1.165) is 5.75 Å². The first-order valence-electron chi connectivity index (χ1n) is 11.2. The van der Waals surface area contributed by atoms with E-state index in [-0.39, 0.29) is 24.3 Å². The molecule has 1 aliphatic heterocycles. The van der Waals surface area contributed by atoms with Crippen molar-refractivity contribution in [1.82, 2.24) is 5.32 Å². The van der Waals surface area contributed by atoms with Gasteiger partial charge in [-0.3, -0.25) is 4.79 Å². The number of carbonyl (C=O) groups excluding carboxylic acids is 2. The number of hydrogen-bond acceptors (Lipinski definition) is 4. The van der Waals surface area contributed by atoms with E-state index in [1.807, 2.05) is 31.2 Å². The monoisotopic (exact) mass is 446 g/mol. The Kier molecular flexibility index (Phi) is 8.34. The van der Waals surface area contributed by atoms with Crippen molar-refractivity contribution in [3.8, 4) is 5.75 Å². The van der Waals surface area contributed by atoms with Crippen LogP contribution in [0.2, 0.25) is 16.6 Å². The first-order chi connectivity index (χ1) is 14.5. The van der Waals surface area contributed by atoms with Crippen molar-refractivity contribution in [2.75, 3.05) is 5.32 Å². The van der Waals surface area contributed by atoms with Gasteiger partial charge in [-0.15, -0.1) is 6.58 Å². The van der Waals surface area contributed by atoms with Crippen LogP contribution in [0.1, 0.15) is 54.9 Å². The van der Waals surface area contributed by atoms with Crippen LogP contribution in [-0.2, 0) is 9.53 Å². The first-order valence-corrected chi connectivity index (χ1v) is 13.3. The Morgan fingerprint density at radius 1 is 1.19 bits per heavy atom. The molecule has 2 N–H and O–H groups in total. The van der Waals surface area contributed by atoms with Crippen LogP contribution in [0.3, 0.4) is 0 Å².